The Morgan fingerprint density at radius 2 is 1.83 bits per heavy atom. The van der Waals surface area contributed by atoms with Gasteiger partial charge in [0.1, 0.15) is 5.78 Å². The summed E-state index contributed by atoms with van der Waals surface area (Å²) >= 11 is 0. The maximum atomic E-state index is 10.9. The summed E-state index contributed by atoms with van der Waals surface area (Å²) in [6, 6.07) is 14.8. The van der Waals surface area contributed by atoms with Gasteiger partial charge in [-0.3, -0.25) is 0 Å². The van der Waals surface area contributed by atoms with Crippen molar-refractivity contribution in [2.45, 2.75) is 19.8 Å². The molecule has 2 aromatic rings. The zero-order valence-electron chi connectivity index (χ0n) is 11.0. The van der Waals surface area contributed by atoms with E-state index in [0.717, 1.165) is 13.0 Å². The molecule has 0 aliphatic carbocycles. The van der Waals surface area contributed by atoms with Crippen molar-refractivity contribution in [2.24, 2.45) is 0 Å². The van der Waals surface area contributed by atoms with Gasteiger partial charge >= 0.3 is 0 Å². The van der Waals surface area contributed by atoms with Crippen molar-refractivity contribution >= 4 is 22.2 Å². The molecule has 0 saturated heterocycles. The SMILES string of the molecule is CC(=O)CCCN(C)c1ccc2ccccc2c1. The number of rotatable bonds is 5. The third kappa shape index (κ3) is 3.10. The minimum Gasteiger partial charge on any atom is -0.375 e. The van der Waals surface area contributed by atoms with Crippen LogP contribution in [0, 0.1) is 0 Å². The van der Waals surface area contributed by atoms with Crippen molar-refractivity contribution in [3.63, 3.8) is 0 Å². The fraction of sp³-hybridized carbons (Fsp3) is 0.312. The summed E-state index contributed by atoms with van der Waals surface area (Å²) in [7, 11) is 2.07. The van der Waals surface area contributed by atoms with Crippen LogP contribution >= 0.6 is 0 Å². The van der Waals surface area contributed by atoms with E-state index in [9.17, 15) is 4.79 Å². The zero-order valence-corrected chi connectivity index (χ0v) is 11.0. The van der Waals surface area contributed by atoms with Crippen molar-refractivity contribution in [1.29, 1.82) is 0 Å². The second-order valence-corrected chi connectivity index (χ2v) is 4.76. The van der Waals surface area contributed by atoms with E-state index in [1.54, 1.807) is 6.92 Å². The molecule has 0 aromatic heterocycles. The van der Waals surface area contributed by atoms with Crippen LogP contribution in [0.3, 0.4) is 0 Å². The Kier molecular flexibility index (Phi) is 3.98. The highest BCUT2D eigenvalue weighted by Gasteiger charge is 2.02. The monoisotopic (exact) mass is 241 g/mol. The van der Waals surface area contributed by atoms with E-state index in [0.29, 0.717) is 6.42 Å². The van der Waals surface area contributed by atoms with Crippen molar-refractivity contribution in [3.8, 4) is 0 Å². The lowest BCUT2D eigenvalue weighted by Gasteiger charge is -2.19. The number of ketones is 1. The molecule has 0 fully saturated rings. The highest BCUT2D eigenvalue weighted by molar-refractivity contribution is 5.85. The Morgan fingerprint density at radius 3 is 2.56 bits per heavy atom. The Hall–Kier alpha value is -1.83. The standard InChI is InChI=1S/C16H19NO/c1-13(18)6-5-11-17(2)16-10-9-14-7-3-4-8-15(14)12-16/h3-4,7-10,12H,5-6,11H2,1-2H3. The number of nitrogens with zero attached hydrogens (tertiary/aromatic N) is 1. The fourth-order valence-electron chi connectivity index (χ4n) is 2.11. The second kappa shape index (κ2) is 5.67. The van der Waals surface area contributed by atoms with Crippen molar-refractivity contribution in [1.82, 2.24) is 0 Å². The van der Waals surface area contributed by atoms with E-state index in [1.807, 2.05) is 0 Å². The maximum Gasteiger partial charge on any atom is 0.129 e. The summed E-state index contributed by atoms with van der Waals surface area (Å²) in [5.74, 6) is 0.266. The van der Waals surface area contributed by atoms with Gasteiger partial charge in [-0.25, -0.2) is 0 Å². The smallest absolute Gasteiger partial charge is 0.129 e. The van der Waals surface area contributed by atoms with Gasteiger partial charge in [-0.1, -0.05) is 30.3 Å². The summed E-state index contributed by atoms with van der Waals surface area (Å²) in [5.41, 5.74) is 1.21. The minimum atomic E-state index is 0.266. The van der Waals surface area contributed by atoms with Crippen LogP contribution in [0.25, 0.3) is 10.8 Å². The maximum absolute atomic E-state index is 10.9. The second-order valence-electron chi connectivity index (χ2n) is 4.76. The first kappa shape index (κ1) is 12.6. The van der Waals surface area contributed by atoms with E-state index in [2.05, 4.69) is 54.4 Å². The Labute approximate surface area is 108 Å². The molecule has 18 heavy (non-hydrogen) atoms. The quantitative estimate of drug-likeness (QED) is 0.796. The third-order valence-electron chi connectivity index (χ3n) is 3.20. The third-order valence-corrected chi connectivity index (χ3v) is 3.20. The number of anilines is 1. The Bertz CT molecular complexity index is 548. The molecule has 0 bridgehead atoms. The van der Waals surface area contributed by atoms with Crippen LogP contribution in [-0.2, 0) is 4.79 Å². The number of hydrogen-bond acceptors (Lipinski definition) is 2. The van der Waals surface area contributed by atoms with Crippen LogP contribution in [0.15, 0.2) is 42.5 Å². The first-order chi connectivity index (χ1) is 8.66. The Balaban J connectivity index is 2.08. The minimum absolute atomic E-state index is 0.266. The van der Waals surface area contributed by atoms with Crippen LogP contribution < -0.4 is 4.90 Å². The number of hydrogen-bond donors (Lipinski definition) is 0. The first-order valence-corrected chi connectivity index (χ1v) is 6.36. The van der Waals surface area contributed by atoms with Crippen LogP contribution in [0.5, 0.6) is 0 Å². The van der Waals surface area contributed by atoms with Gasteiger partial charge in [0.25, 0.3) is 0 Å². The molecule has 2 rings (SSSR count). The molecule has 0 aliphatic heterocycles. The molecule has 2 heteroatoms. The molecular weight excluding hydrogens is 222 g/mol. The van der Waals surface area contributed by atoms with Crippen molar-refractivity contribution in [2.75, 3.05) is 18.5 Å². The molecular formula is C16H19NO. The topological polar surface area (TPSA) is 20.3 Å². The predicted molar refractivity (Wildman–Crippen MR) is 77.1 cm³/mol. The van der Waals surface area contributed by atoms with Gasteiger partial charge in [0.2, 0.25) is 0 Å². The lowest BCUT2D eigenvalue weighted by molar-refractivity contribution is -0.117. The van der Waals surface area contributed by atoms with Crippen LogP contribution in [0.4, 0.5) is 5.69 Å². The number of Topliss-reactive ketones (excluding diaryl/α,β-unsaturated/α-hetero) is 1. The highest BCUT2D eigenvalue weighted by atomic mass is 16.1. The molecule has 0 unspecified atom stereocenters. The van der Waals surface area contributed by atoms with Gasteiger partial charge in [0.05, 0.1) is 0 Å². The molecule has 0 aliphatic rings. The van der Waals surface area contributed by atoms with Gasteiger partial charge in [0, 0.05) is 25.7 Å². The number of benzene rings is 2. The van der Waals surface area contributed by atoms with Gasteiger partial charge < -0.3 is 9.69 Å². The van der Waals surface area contributed by atoms with E-state index in [-0.39, 0.29) is 5.78 Å². The van der Waals surface area contributed by atoms with E-state index in [4.69, 9.17) is 0 Å². The first-order valence-electron chi connectivity index (χ1n) is 6.36. The lowest BCUT2D eigenvalue weighted by Crippen LogP contribution is -2.18. The van der Waals surface area contributed by atoms with Gasteiger partial charge in [-0.15, -0.1) is 0 Å². The zero-order chi connectivity index (χ0) is 13.0. The summed E-state index contributed by atoms with van der Waals surface area (Å²) in [5, 5.41) is 2.52. The molecule has 0 spiro atoms. The fourth-order valence-corrected chi connectivity index (χ4v) is 2.11. The molecule has 0 amide bonds. The van der Waals surface area contributed by atoms with Crippen molar-refractivity contribution in [3.05, 3.63) is 42.5 Å². The van der Waals surface area contributed by atoms with E-state index < -0.39 is 0 Å². The normalized spacial score (nSPS) is 10.6. The number of fused-ring (bicyclic) bond motifs is 1. The largest absolute Gasteiger partial charge is 0.375 e. The summed E-state index contributed by atoms with van der Waals surface area (Å²) < 4.78 is 0. The van der Waals surface area contributed by atoms with Crippen LogP contribution in [0.2, 0.25) is 0 Å². The molecule has 0 heterocycles. The number of carbonyl (C=O) groups excluding carboxylic acids is 1. The lowest BCUT2D eigenvalue weighted by atomic mass is 10.1. The molecule has 0 radical (unpaired) electrons. The molecule has 0 N–H and O–H groups in total. The van der Waals surface area contributed by atoms with Crippen LogP contribution in [0.1, 0.15) is 19.8 Å². The van der Waals surface area contributed by atoms with Gasteiger partial charge in [-0.2, -0.15) is 0 Å². The predicted octanol–water partition coefficient (Wildman–Crippen LogP) is 3.65. The average molecular weight is 241 g/mol. The molecule has 2 aromatic carbocycles. The number of carbonyl (C=O) groups is 1. The van der Waals surface area contributed by atoms with E-state index >= 15 is 0 Å². The van der Waals surface area contributed by atoms with Gasteiger partial charge in [-0.05, 0) is 36.2 Å². The molecule has 0 atom stereocenters. The Morgan fingerprint density at radius 1 is 1.11 bits per heavy atom. The van der Waals surface area contributed by atoms with Gasteiger partial charge in [0.15, 0.2) is 0 Å². The average Bonchev–Trinajstić information content (AvgIpc) is 2.37. The molecule has 0 saturated carbocycles. The highest BCUT2D eigenvalue weighted by Crippen LogP contribution is 2.21. The summed E-state index contributed by atoms with van der Waals surface area (Å²) in [6.07, 6.45) is 1.58. The van der Waals surface area contributed by atoms with Crippen molar-refractivity contribution < 1.29 is 4.79 Å². The molecule has 94 valence electrons. The molecule has 2 nitrogen and oxygen atoms in total. The summed E-state index contributed by atoms with van der Waals surface area (Å²) in [6.45, 7) is 2.56. The summed E-state index contributed by atoms with van der Waals surface area (Å²) in [4.78, 5) is 13.1. The van der Waals surface area contributed by atoms with Crippen LogP contribution in [-0.4, -0.2) is 19.4 Å². The van der Waals surface area contributed by atoms with E-state index in [1.165, 1.54) is 16.5 Å².